The summed E-state index contributed by atoms with van der Waals surface area (Å²) in [6.07, 6.45) is 0. The van der Waals surface area contributed by atoms with Crippen molar-refractivity contribution in [2.24, 2.45) is 0 Å². The zero-order chi connectivity index (χ0) is 20.1. The lowest BCUT2D eigenvalue weighted by molar-refractivity contribution is -0.124. The Labute approximate surface area is 159 Å². The summed E-state index contributed by atoms with van der Waals surface area (Å²) in [5.41, 5.74) is 5.96. The number of methoxy groups -OCH3 is 1. The fourth-order valence-corrected chi connectivity index (χ4v) is 2.48. The first-order valence-corrected chi connectivity index (χ1v) is 8.15. The average Bonchev–Trinajstić information content (AvgIpc) is 2.61. The van der Waals surface area contributed by atoms with Crippen LogP contribution in [0.4, 0.5) is 14.5 Å². The number of carbonyl (C=O) groups is 2. The predicted molar refractivity (Wildman–Crippen MR) is 95.6 cm³/mol. The summed E-state index contributed by atoms with van der Waals surface area (Å²) in [7, 11) is 1.34. The third-order valence-electron chi connectivity index (χ3n) is 3.68. The molecule has 0 fully saturated rings. The lowest BCUT2D eigenvalue weighted by atomic mass is 10.1. The van der Waals surface area contributed by atoms with Crippen molar-refractivity contribution in [2.45, 2.75) is 13.0 Å². The third kappa shape index (κ3) is 5.07. The van der Waals surface area contributed by atoms with E-state index in [1.807, 2.05) is 0 Å². The van der Waals surface area contributed by atoms with Gasteiger partial charge < -0.3 is 20.5 Å². The maximum Gasteiger partial charge on any atom is 0.342 e. The van der Waals surface area contributed by atoms with Gasteiger partial charge in [0.25, 0.3) is 5.91 Å². The Morgan fingerprint density at radius 1 is 1.26 bits per heavy atom. The number of hydrogen-bond donors (Lipinski definition) is 2. The van der Waals surface area contributed by atoms with Crippen LogP contribution in [0.2, 0.25) is 5.02 Å². The molecule has 0 radical (unpaired) electrons. The van der Waals surface area contributed by atoms with E-state index in [1.165, 1.54) is 32.2 Å². The number of carbonyl (C=O) groups excluding carboxylic acids is 2. The normalized spacial score (nSPS) is 11.6. The van der Waals surface area contributed by atoms with Crippen molar-refractivity contribution in [2.75, 3.05) is 19.5 Å². The number of rotatable bonds is 6. The van der Waals surface area contributed by atoms with Gasteiger partial charge >= 0.3 is 5.97 Å². The van der Waals surface area contributed by atoms with Crippen LogP contribution in [-0.4, -0.2) is 25.6 Å². The van der Waals surface area contributed by atoms with Gasteiger partial charge in [-0.05, 0) is 19.1 Å². The molecule has 0 aliphatic carbocycles. The number of ether oxygens (including phenoxy) is 2. The van der Waals surface area contributed by atoms with Crippen LogP contribution in [0.1, 0.15) is 28.9 Å². The van der Waals surface area contributed by atoms with Crippen molar-refractivity contribution in [3.05, 3.63) is 58.1 Å². The number of nitrogens with two attached hydrogens (primary N) is 1. The molecule has 0 aliphatic rings. The molecular formula is C18H17ClF2N2O4. The highest BCUT2D eigenvalue weighted by Crippen LogP contribution is 2.29. The first-order chi connectivity index (χ1) is 12.7. The maximum atomic E-state index is 13.7. The largest absolute Gasteiger partial charge is 0.496 e. The minimum atomic E-state index is -0.843. The summed E-state index contributed by atoms with van der Waals surface area (Å²) in [4.78, 5) is 24.1. The third-order valence-corrected chi connectivity index (χ3v) is 4.01. The van der Waals surface area contributed by atoms with Crippen molar-refractivity contribution in [1.82, 2.24) is 5.32 Å². The minimum absolute atomic E-state index is 0.00197. The van der Waals surface area contributed by atoms with Crippen molar-refractivity contribution in [3.63, 3.8) is 0 Å². The van der Waals surface area contributed by atoms with Crippen LogP contribution in [0.3, 0.4) is 0 Å². The number of hydrogen-bond acceptors (Lipinski definition) is 5. The van der Waals surface area contributed by atoms with Crippen molar-refractivity contribution < 1.29 is 27.8 Å². The zero-order valence-electron chi connectivity index (χ0n) is 14.5. The number of benzene rings is 2. The molecule has 0 saturated heterocycles. The highest BCUT2D eigenvalue weighted by molar-refractivity contribution is 6.33. The van der Waals surface area contributed by atoms with Crippen LogP contribution in [0.25, 0.3) is 0 Å². The molecule has 0 unspecified atom stereocenters. The Kier molecular flexibility index (Phi) is 6.57. The molecule has 0 aromatic heterocycles. The predicted octanol–water partition coefficient (Wildman–Crippen LogP) is 3.24. The zero-order valence-corrected chi connectivity index (χ0v) is 15.3. The van der Waals surface area contributed by atoms with Crippen molar-refractivity contribution >= 4 is 29.2 Å². The quantitative estimate of drug-likeness (QED) is 0.576. The molecule has 0 bridgehead atoms. The molecule has 27 heavy (non-hydrogen) atoms. The number of nitrogens with one attached hydrogen (secondary N) is 1. The van der Waals surface area contributed by atoms with Crippen LogP contribution >= 0.6 is 11.6 Å². The molecule has 6 nitrogen and oxygen atoms in total. The smallest absolute Gasteiger partial charge is 0.342 e. The van der Waals surface area contributed by atoms with Crippen LogP contribution < -0.4 is 15.8 Å². The Balaban J connectivity index is 1.99. The standard InChI is InChI=1S/C18H17ClF2N2O4/c1-9(11-4-3-10(20)5-14(11)21)23-17(24)8-27-18(25)12-6-13(19)15(22)7-16(12)26-2/h3-7,9H,8,22H2,1-2H3,(H,23,24)/t9-/m0/s1. The van der Waals surface area contributed by atoms with E-state index in [0.717, 1.165) is 12.1 Å². The SMILES string of the molecule is COc1cc(N)c(Cl)cc1C(=O)OCC(=O)N[C@@H](C)c1ccc(F)cc1F. The Bertz CT molecular complexity index is 877. The molecule has 0 saturated carbocycles. The second kappa shape index (κ2) is 8.68. The lowest BCUT2D eigenvalue weighted by Gasteiger charge is -2.15. The highest BCUT2D eigenvalue weighted by atomic mass is 35.5. The summed E-state index contributed by atoms with van der Waals surface area (Å²) in [6.45, 7) is 0.899. The van der Waals surface area contributed by atoms with Gasteiger partial charge in [-0.1, -0.05) is 17.7 Å². The van der Waals surface area contributed by atoms with Crippen molar-refractivity contribution in [1.29, 1.82) is 0 Å². The topological polar surface area (TPSA) is 90.7 Å². The van der Waals surface area contributed by atoms with Gasteiger partial charge in [0.05, 0.1) is 23.9 Å². The molecule has 1 atom stereocenters. The molecule has 1 amide bonds. The monoisotopic (exact) mass is 398 g/mol. The Morgan fingerprint density at radius 2 is 1.96 bits per heavy atom. The van der Waals surface area contributed by atoms with E-state index in [4.69, 9.17) is 26.8 Å². The van der Waals surface area contributed by atoms with Gasteiger partial charge in [-0.3, -0.25) is 4.79 Å². The Morgan fingerprint density at radius 3 is 2.59 bits per heavy atom. The van der Waals surface area contributed by atoms with Crippen molar-refractivity contribution in [3.8, 4) is 5.75 Å². The Hall–Kier alpha value is -2.87. The van der Waals surface area contributed by atoms with E-state index < -0.39 is 36.2 Å². The van der Waals surface area contributed by atoms with Gasteiger partial charge in [-0.2, -0.15) is 0 Å². The summed E-state index contributed by atoms with van der Waals surface area (Å²) in [5, 5.41) is 2.59. The number of anilines is 1. The molecule has 3 N–H and O–H groups in total. The second-order valence-corrected chi connectivity index (χ2v) is 6.01. The second-order valence-electron chi connectivity index (χ2n) is 5.61. The summed E-state index contributed by atoms with van der Waals surface area (Å²) in [5.74, 6) is -2.88. The molecule has 2 rings (SSSR count). The van der Waals surface area contributed by atoms with Gasteiger partial charge in [0.2, 0.25) is 0 Å². The first-order valence-electron chi connectivity index (χ1n) is 7.77. The van der Waals surface area contributed by atoms with E-state index in [9.17, 15) is 18.4 Å². The summed E-state index contributed by atoms with van der Waals surface area (Å²) in [6, 6.07) is 4.90. The molecule has 2 aromatic rings. The molecular weight excluding hydrogens is 382 g/mol. The fourth-order valence-electron chi connectivity index (χ4n) is 2.32. The number of halogens is 3. The van der Waals surface area contributed by atoms with Gasteiger partial charge in [-0.25, -0.2) is 13.6 Å². The highest BCUT2D eigenvalue weighted by Gasteiger charge is 2.19. The van der Waals surface area contributed by atoms with E-state index in [1.54, 1.807) is 0 Å². The maximum absolute atomic E-state index is 13.7. The minimum Gasteiger partial charge on any atom is -0.496 e. The van der Waals surface area contributed by atoms with Gasteiger partial charge in [0.1, 0.15) is 22.9 Å². The van der Waals surface area contributed by atoms with Gasteiger partial charge in [-0.15, -0.1) is 0 Å². The van der Waals surface area contributed by atoms with Crippen LogP contribution in [0.15, 0.2) is 30.3 Å². The first kappa shape index (κ1) is 20.4. The fraction of sp³-hybridized carbons (Fsp3) is 0.222. The van der Waals surface area contributed by atoms with Gasteiger partial charge in [0.15, 0.2) is 6.61 Å². The molecule has 0 aliphatic heterocycles. The number of esters is 1. The molecule has 0 heterocycles. The lowest BCUT2D eigenvalue weighted by Crippen LogP contribution is -2.31. The van der Waals surface area contributed by atoms with Crippen LogP contribution in [-0.2, 0) is 9.53 Å². The number of amides is 1. The molecule has 2 aromatic carbocycles. The van der Waals surface area contributed by atoms with E-state index in [2.05, 4.69) is 5.32 Å². The number of nitrogen functional groups attached to an aromatic ring is 1. The summed E-state index contributed by atoms with van der Waals surface area (Å²) >= 11 is 5.88. The molecule has 144 valence electrons. The molecule has 9 heteroatoms. The summed E-state index contributed by atoms with van der Waals surface area (Å²) < 4.78 is 36.6. The van der Waals surface area contributed by atoms with Gasteiger partial charge in [0, 0.05) is 17.7 Å². The van der Waals surface area contributed by atoms with E-state index >= 15 is 0 Å². The van der Waals surface area contributed by atoms with Crippen LogP contribution in [0.5, 0.6) is 5.75 Å². The molecule has 0 spiro atoms. The van der Waals surface area contributed by atoms with E-state index in [0.29, 0.717) is 0 Å². The average molecular weight is 399 g/mol. The van der Waals surface area contributed by atoms with Crippen LogP contribution in [0, 0.1) is 11.6 Å². The van der Waals surface area contributed by atoms with E-state index in [-0.39, 0.29) is 27.6 Å².